The molecule has 5 nitrogen and oxygen atoms in total. The van der Waals surface area contributed by atoms with Gasteiger partial charge in [0.25, 0.3) is 0 Å². The van der Waals surface area contributed by atoms with Gasteiger partial charge >= 0.3 is 0 Å². The third-order valence-corrected chi connectivity index (χ3v) is 2.75. The normalized spacial score (nSPS) is 10.5. The van der Waals surface area contributed by atoms with Crippen molar-refractivity contribution in [1.82, 2.24) is 15.3 Å². The minimum Gasteiger partial charge on any atom is -0.437 e. The van der Waals surface area contributed by atoms with Gasteiger partial charge in [0, 0.05) is 37.7 Å². The van der Waals surface area contributed by atoms with Crippen LogP contribution in [0.15, 0.2) is 36.7 Å². The Morgan fingerprint density at radius 1 is 1.20 bits per heavy atom. The van der Waals surface area contributed by atoms with Gasteiger partial charge < -0.3 is 14.8 Å². The summed E-state index contributed by atoms with van der Waals surface area (Å²) in [6.45, 7) is 4.09. The molecule has 0 bridgehead atoms. The Bertz CT molecular complexity index is 529. The lowest BCUT2D eigenvalue weighted by molar-refractivity contribution is 0.199. The van der Waals surface area contributed by atoms with Crippen LogP contribution in [-0.2, 0) is 11.3 Å². The van der Waals surface area contributed by atoms with Crippen molar-refractivity contribution in [3.63, 3.8) is 0 Å². The third-order valence-electron chi connectivity index (χ3n) is 2.75. The van der Waals surface area contributed by atoms with E-state index in [1.807, 2.05) is 31.2 Å². The number of aryl methyl sites for hydroxylation is 1. The number of ether oxygens (including phenoxy) is 2. The van der Waals surface area contributed by atoms with E-state index in [1.54, 1.807) is 19.5 Å². The molecule has 5 heteroatoms. The zero-order chi connectivity index (χ0) is 14.2. The Morgan fingerprint density at radius 3 is 2.85 bits per heavy atom. The van der Waals surface area contributed by atoms with Crippen LogP contribution in [-0.4, -0.2) is 30.2 Å². The molecule has 0 aromatic carbocycles. The zero-order valence-electron chi connectivity index (χ0n) is 11.8. The molecule has 1 N–H and O–H groups in total. The summed E-state index contributed by atoms with van der Waals surface area (Å²) in [5, 5.41) is 3.28. The Kier molecular flexibility index (Phi) is 5.46. The predicted molar refractivity (Wildman–Crippen MR) is 76.9 cm³/mol. The van der Waals surface area contributed by atoms with Crippen LogP contribution in [0.2, 0.25) is 0 Å². The zero-order valence-corrected chi connectivity index (χ0v) is 11.8. The molecule has 0 radical (unpaired) electrons. The summed E-state index contributed by atoms with van der Waals surface area (Å²) in [4.78, 5) is 8.48. The SMILES string of the molecule is COCCNCc1cccnc1Oc1ccc(C)nc1. The van der Waals surface area contributed by atoms with Gasteiger partial charge in [-0.1, -0.05) is 6.07 Å². The maximum absolute atomic E-state index is 5.78. The summed E-state index contributed by atoms with van der Waals surface area (Å²) in [5.41, 5.74) is 1.96. The van der Waals surface area contributed by atoms with Crippen LogP contribution >= 0.6 is 0 Å². The molecule has 20 heavy (non-hydrogen) atoms. The molecule has 0 atom stereocenters. The second-order valence-corrected chi connectivity index (χ2v) is 4.37. The Morgan fingerprint density at radius 2 is 2.10 bits per heavy atom. The molecule has 0 aliphatic heterocycles. The van der Waals surface area contributed by atoms with Crippen molar-refractivity contribution < 1.29 is 9.47 Å². The van der Waals surface area contributed by atoms with Crippen LogP contribution < -0.4 is 10.1 Å². The smallest absolute Gasteiger partial charge is 0.223 e. The van der Waals surface area contributed by atoms with Crippen molar-refractivity contribution in [2.75, 3.05) is 20.3 Å². The van der Waals surface area contributed by atoms with Crippen LogP contribution in [0.3, 0.4) is 0 Å². The van der Waals surface area contributed by atoms with Crippen molar-refractivity contribution in [3.8, 4) is 11.6 Å². The standard InChI is InChI=1S/C15H19N3O2/c1-12-5-6-14(11-18-12)20-15-13(4-3-7-17-15)10-16-8-9-19-2/h3-7,11,16H,8-10H2,1-2H3. The van der Waals surface area contributed by atoms with Crippen molar-refractivity contribution in [1.29, 1.82) is 0 Å². The molecular weight excluding hydrogens is 254 g/mol. The molecule has 0 spiro atoms. The lowest BCUT2D eigenvalue weighted by Crippen LogP contribution is -2.19. The van der Waals surface area contributed by atoms with E-state index in [2.05, 4.69) is 15.3 Å². The lowest BCUT2D eigenvalue weighted by atomic mass is 10.2. The number of hydrogen-bond donors (Lipinski definition) is 1. The van der Waals surface area contributed by atoms with Crippen LogP contribution in [0.1, 0.15) is 11.3 Å². The first-order valence-corrected chi connectivity index (χ1v) is 6.53. The molecule has 0 unspecified atom stereocenters. The molecule has 2 aromatic heterocycles. The molecule has 0 aliphatic rings. The minimum atomic E-state index is 0.600. The van der Waals surface area contributed by atoms with E-state index in [4.69, 9.17) is 9.47 Å². The first kappa shape index (κ1) is 14.4. The van der Waals surface area contributed by atoms with Gasteiger partial charge in [-0.15, -0.1) is 0 Å². The molecule has 0 saturated carbocycles. The molecule has 2 rings (SSSR count). The fourth-order valence-corrected chi connectivity index (χ4v) is 1.67. The highest BCUT2D eigenvalue weighted by molar-refractivity contribution is 5.31. The Balaban J connectivity index is 2.01. The first-order chi connectivity index (χ1) is 9.79. The highest BCUT2D eigenvalue weighted by atomic mass is 16.5. The molecule has 0 saturated heterocycles. The molecule has 2 heterocycles. The van der Waals surface area contributed by atoms with Crippen molar-refractivity contribution in [2.45, 2.75) is 13.5 Å². The van der Waals surface area contributed by atoms with Crippen molar-refractivity contribution >= 4 is 0 Å². The highest BCUT2D eigenvalue weighted by Gasteiger charge is 2.06. The number of hydrogen-bond acceptors (Lipinski definition) is 5. The number of rotatable bonds is 7. The van der Waals surface area contributed by atoms with Gasteiger partial charge in [0.2, 0.25) is 5.88 Å². The Labute approximate surface area is 119 Å². The molecule has 0 aliphatic carbocycles. The van der Waals surface area contributed by atoms with E-state index < -0.39 is 0 Å². The molecule has 106 valence electrons. The van der Waals surface area contributed by atoms with E-state index >= 15 is 0 Å². The summed E-state index contributed by atoms with van der Waals surface area (Å²) in [7, 11) is 1.69. The Hall–Kier alpha value is -1.98. The van der Waals surface area contributed by atoms with Gasteiger partial charge in [-0.05, 0) is 25.1 Å². The van der Waals surface area contributed by atoms with Crippen LogP contribution in [0, 0.1) is 6.92 Å². The van der Waals surface area contributed by atoms with Gasteiger partial charge in [-0.2, -0.15) is 0 Å². The average molecular weight is 273 g/mol. The maximum atomic E-state index is 5.78. The van der Waals surface area contributed by atoms with E-state index in [0.29, 0.717) is 24.8 Å². The van der Waals surface area contributed by atoms with E-state index in [1.165, 1.54) is 0 Å². The summed E-state index contributed by atoms with van der Waals surface area (Å²) in [6, 6.07) is 7.69. The van der Waals surface area contributed by atoms with Gasteiger partial charge in [0.15, 0.2) is 0 Å². The van der Waals surface area contributed by atoms with Crippen molar-refractivity contribution in [2.24, 2.45) is 0 Å². The third kappa shape index (κ3) is 4.29. The summed E-state index contributed by atoms with van der Waals surface area (Å²) < 4.78 is 10.8. The number of aromatic nitrogens is 2. The second kappa shape index (κ2) is 7.57. The van der Waals surface area contributed by atoms with Gasteiger partial charge in [-0.25, -0.2) is 4.98 Å². The van der Waals surface area contributed by atoms with E-state index in [-0.39, 0.29) is 0 Å². The van der Waals surface area contributed by atoms with Crippen molar-refractivity contribution in [3.05, 3.63) is 47.9 Å². The van der Waals surface area contributed by atoms with Crippen LogP contribution in [0.25, 0.3) is 0 Å². The largest absolute Gasteiger partial charge is 0.437 e. The monoisotopic (exact) mass is 273 g/mol. The van der Waals surface area contributed by atoms with Gasteiger partial charge in [-0.3, -0.25) is 4.98 Å². The topological polar surface area (TPSA) is 56.3 Å². The number of methoxy groups -OCH3 is 1. The minimum absolute atomic E-state index is 0.600. The fourth-order valence-electron chi connectivity index (χ4n) is 1.67. The number of nitrogens with one attached hydrogen (secondary N) is 1. The van der Waals surface area contributed by atoms with Crippen LogP contribution in [0.4, 0.5) is 0 Å². The lowest BCUT2D eigenvalue weighted by Gasteiger charge is -2.10. The first-order valence-electron chi connectivity index (χ1n) is 6.53. The van der Waals surface area contributed by atoms with Gasteiger partial charge in [0.05, 0.1) is 12.8 Å². The number of nitrogens with zero attached hydrogens (tertiary/aromatic N) is 2. The average Bonchev–Trinajstić information content (AvgIpc) is 2.47. The van der Waals surface area contributed by atoms with E-state index in [9.17, 15) is 0 Å². The second-order valence-electron chi connectivity index (χ2n) is 4.37. The van der Waals surface area contributed by atoms with Gasteiger partial charge in [0.1, 0.15) is 5.75 Å². The fraction of sp³-hybridized carbons (Fsp3) is 0.333. The number of pyridine rings is 2. The highest BCUT2D eigenvalue weighted by Crippen LogP contribution is 2.22. The molecule has 0 amide bonds. The molecular formula is C15H19N3O2. The maximum Gasteiger partial charge on any atom is 0.223 e. The summed E-state index contributed by atoms with van der Waals surface area (Å²) >= 11 is 0. The molecule has 2 aromatic rings. The van der Waals surface area contributed by atoms with Crippen LogP contribution in [0.5, 0.6) is 11.6 Å². The summed E-state index contributed by atoms with van der Waals surface area (Å²) in [6.07, 6.45) is 3.42. The van der Waals surface area contributed by atoms with E-state index in [0.717, 1.165) is 17.8 Å². The quantitative estimate of drug-likeness (QED) is 0.785. The summed E-state index contributed by atoms with van der Waals surface area (Å²) in [5.74, 6) is 1.29. The predicted octanol–water partition coefficient (Wildman–Crippen LogP) is 2.31. The molecule has 0 fully saturated rings.